The summed E-state index contributed by atoms with van der Waals surface area (Å²) in [6.07, 6.45) is 0.466. The maximum Gasteiger partial charge on any atom is 0.377 e. The van der Waals surface area contributed by atoms with Crippen LogP contribution in [0.25, 0.3) is 10.2 Å². The molecule has 0 aliphatic carbocycles. The summed E-state index contributed by atoms with van der Waals surface area (Å²) in [7, 11) is 0. The van der Waals surface area contributed by atoms with Crippen LogP contribution in [0.1, 0.15) is 5.56 Å². The molecule has 3 aromatic rings. The van der Waals surface area contributed by atoms with E-state index in [2.05, 4.69) is 26.2 Å². The number of rotatable bonds is 7. The second-order valence-corrected chi connectivity index (χ2v) is 8.91. The lowest BCUT2D eigenvalue weighted by Gasteiger charge is -2.19. The molecule has 136 valence electrons. The molecule has 1 aromatic heterocycles. The number of thioether (sulfide) groups is 1. The van der Waals surface area contributed by atoms with Gasteiger partial charge in [-0.1, -0.05) is 54.2 Å². The van der Waals surface area contributed by atoms with Crippen LogP contribution in [0.15, 0.2) is 58.9 Å². The number of fused-ring (bicyclic) bond motifs is 1. The van der Waals surface area contributed by atoms with Crippen LogP contribution in [-0.4, -0.2) is 27.5 Å². The Balaban J connectivity index is 1.70. The molecule has 1 unspecified atom stereocenters. The highest BCUT2D eigenvalue weighted by atomic mass is 79.9. The summed E-state index contributed by atoms with van der Waals surface area (Å²) in [5.41, 5.74) is 1.89. The summed E-state index contributed by atoms with van der Waals surface area (Å²) in [4.78, 5) is 12.6. The summed E-state index contributed by atoms with van der Waals surface area (Å²) in [5, 5.41) is 2.43. The lowest BCUT2D eigenvalue weighted by Crippen LogP contribution is -2.44. The van der Waals surface area contributed by atoms with E-state index in [9.17, 15) is 13.6 Å². The highest BCUT2D eigenvalue weighted by molar-refractivity contribution is 9.10. The van der Waals surface area contributed by atoms with Crippen LogP contribution in [0.3, 0.4) is 0 Å². The third-order valence-electron chi connectivity index (χ3n) is 3.60. The van der Waals surface area contributed by atoms with Crippen molar-refractivity contribution in [3.05, 3.63) is 60.2 Å². The molecule has 3 nitrogen and oxygen atoms in total. The second kappa shape index (κ2) is 8.45. The van der Waals surface area contributed by atoms with Crippen molar-refractivity contribution in [2.24, 2.45) is 0 Å². The number of carbonyl (C=O) groups excluding carboxylic acids is 1. The van der Waals surface area contributed by atoms with E-state index < -0.39 is 16.8 Å². The van der Waals surface area contributed by atoms with E-state index in [0.717, 1.165) is 20.1 Å². The SMILES string of the molecule is O=C(NC(CSc1nc2ccccc2s1)Cc1ccccc1)C(F)(F)Br. The fourth-order valence-electron chi connectivity index (χ4n) is 2.40. The largest absolute Gasteiger partial charge is 0.377 e. The molecule has 1 N–H and O–H groups in total. The van der Waals surface area contributed by atoms with Gasteiger partial charge in [-0.05, 0) is 24.1 Å². The molecule has 0 fully saturated rings. The zero-order chi connectivity index (χ0) is 18.6. The highest BCUT2D eigenvalue weighted by Gasteiger charge is 2.36. The zero-order valence-electron chi connectivity index (χ0n) is 13.5. The first-order valence-electron chi connectivity index (χ1n) is 7.82. The predicted octanol–water partition coefficient (Wildman–Crippen LogP) is 5.10. The summed E-state index contributed by atoms with van der Waals surface area (Å²) in [5.74, 6) is -0.882. The van der Waals surface area contributed by atoms with Crippen LogP contribution in [-0.2, 0) is 11.2 Å². The van der Waals surface area contributed by atoms with Crippen molar-refractivity contribution in [2.75, 3.05) is 5.75 Å². The van der Waals surface area contributed by atoms with E-state index >= 15 is 0 Å². The monoisotopic (exact) mass is 456 g/mol. The Kier molecular flexibility index (Phi) is 6.26. The topological polar surface area (TPSA) is 42.0 Å². The minimum absolute atomic E-state index is 0.440. The van der Waals surface area contributed by atoms with E-state index in [-0.39, 0.29) is 0 Å². The number of para-hydroxylation sites is 1. The third-order valence-corrected chi connectivity index (χ3v) is 6.30. The Labute approximate surface area is 166 Å². The molecule has 3 rings (SSSR count). The van der Waals surface area contributed by atoms with E-state index in [0.29, 0.717) is 12.2 Å². The molecule has 0 bridgehead atoms. The van der Waals surface area contributed by atoms with Crippen molar-refractivity contribution in [3.63, 3.8) is 0 Å². The van der Waals surface area contributed by atoms with Crippen LogP contribution in [0.5, 0.6) is 0 Å². The van der Waals surface area contributed by atoms with Gasteiger partial charge in [-0.3, -0.25) is 4.79 Å². The highest BCUT2D eigenvalue weighted by Crippen LogP contribution is 2.30. The number of carbonyl (C=O) groups is 1. The molecular formula is C18H15BrF2N2OS2. The van der Waals surface area contributed by atoms with E-state index in [1.165, 1.54) is 11.8 Å². The van der Waals surface area contributed by atoms with Gasteiger partial charge in [-0.15, -0.1) is 11.3 Å². The Morgan fingerprint density at radius 3 is 2.58 bits per heavy atom. The first kappa shape index (κ1) is 19.3. The molecule has 26 heavy (non-hydrogen) atoms. The van der Waals surface area contributed by atoms with Gasteiger partial charge < -0.3 is 5.32 Å². The van der Waals surface area contributed by atoms with Crippen molar-refractivity contribution < 1.29 is 13.6 Å². The van der Waals surface area contributed by atoms with Gasteiger partial charge >= 0.3 is 10.7 Å². The van der Waals surface area contributed by atoms with Crippen molar-refractivity contribution in [1.82, 2.24) is 10.3 Å². The first-order valence-corrected chi connectivity index (χ1v) is 10.4. The molecule has 0 radical (unpaired) electrons. The fourth-order valence-corrected chi connectivity index (χ4v) is 4.63. The van der Waals surface area contributed by atoms with Crippen molar-refractivity contribution in [3.8, 4) is 0 Å². The van der Waals surface area contributed by atoms with Gasteiger partial charge in [-0.25, -0.2) is 4.98 Å². The minimum atomic E-state index is -3.58. The molecule has 0 aliphatic heterocycles. The summed E-state index contributed by atoms with van der Waals surface area (Å²) in [6, 6.07) is 16.8. The van der Waals surface area contributed by atoms with Crippen molar-refractivity contribution in [1.29, 1.82) is 0 Å². The van der Waals surface area contributed by atoms with E-state index in [1.54, 1.807) is 11.3 Å². The number of benzene rings is 2. The van der Waals surface area contributed by atoms with Gasteiger partial charge in [0.2, 0.25) is 0 Å². The number of amides is 1. The van der Waals surface area contributed by atoms with Gasteiger partial charge in [0.25, 0.3) is 0 Å². The van der Waals surface area contributed by atoms with Gasteiger partial charge in [0.1, 0.15) is 0 Å². The van der Waals surface area contributed by atoms with Crippen molar-refractivity contribution >= 4 is 55.2 Å². The number of nitrogens with zero attached hydrogens (tertiary/aromatic N) is 1. The number of nitrogens with one attached hydrogen (secondary N) is 1. The van der Waals surface area contributed by atoms with Crippen LogP contribution in [0.4, 0.5) is 8.78 Å². The maximum atomic E-state index is 13.2. The average Bonchev–Trinajstić information content (AvgIpc) is 3.02. The number of halogens is 3. The lowest BCUT2D eigenvalue weighted by atomic mass is 10.1. The third kappa shape index (κ3) is 5.25. The summed E-state index contributed by atoms with van der Waals surface area (Å²) < 4.78 is 28.3. The Bertz CT molecular complexity index is 851. The molecule has 1 heterocycles. The van der Waals surface area contributed by atoms with Crippen LogP contribution in [0.2, 0.25) is 0 Å². The Morgan fingerprint density at radius 1 is 1.19 bits per heavy atom. The second-order valence-electron chi connectivity index (χ2n) is 5.62. The van der Waals surface area contributed by atoms with Gasteiger partial charge in [0.15, 0.2) is 4.34 Å². The molecular weight excluding hydrogens is 442 g/mol. The molecule has 2 aromatic carbocycles. The van der Waals surface area contributed by atoms with Gasteiger partial charge in [-0.2, -0.15) is 8.78 Å². The number of aromatic nitrogens is 1. The van der Waals surface area contributed by atoms with Crippen molar-refractivity contribution in [2.45, 2.75) is 21.6 Å². The quantitative estimate of drug-likeness (QED) is 0.397. The Hall–Kier alpha value is -1.51. The van der Waals surface area contributed by atoms with Gasteiger partial charge in [0.05, 0.1) is 10.2 Å². The van der Waals surface area contributed by atoms with E-state index in [1.807, 2.05) is 54.6 Å². The molecule has 0 aliphatic rings. The first-order chi connectivity index (χ1) is 12.4. The number of hydrogen-bond donors (Lipinski definition) is 1. The smallest absolute Gasteiger partial charge is 0.346 e. The number of hydrogen-bond acceptors (Lipinski definition) is 4. The van der Waals surface area contributed by atoms with Crippen LogP contribution in [0, 0.1) is 0 Å². The number of alkyl halides is 3. The minimum Gasteiger partial charge on any atom is -0.346 e. The predicted molar refractivity (Wildman–Crippen MR) is 106 cm³/mol. The maximum absolute atomic E-state index is 13.2. The summed E-state index contributed by atoms with van der Waals surface area (Å²) >= 11 is 5.13. The molecule has 0 spiro atoms. The molecule has 0 saturated heterocycles. The van der Waals surface area contributed by atoms with E-state index in [4.69, 9.17) is 0 Å². The Morgan fingerprint density at radius 2 is 1.88 bits per heavy atom. The average molecular weight is 457 g/mol. The molecule has 1 amide bonds. The summed E-state index contributed by atoms with van der Waals surface area (Å²) in [6.45, 7) is 0. The number of thiazole rings is 1. The van der Waals surface area contributed by atoms with Crippen LogP contribution >= 0.6 is 39.0 Å². The molecule has 8 heteroatoms. The fraction of sp³-hybridized carbons (Fsp3) is 0.222. The zero-order valence-corrected chi connectivity index (χ0v) is 16.7. The molecule has 1 atom stereocenters. The standard InChI is InChI=1S/C18H15BrF2N2OS2/c19-18(20,21)16(24)22-13(10-12-6-2-1-3-7-12)11-25-17-23-14-8-4-5-9-15(14)26-17/h1-9,13H,10-11H2,(H,22,24). The van der Waals surface area contributed by atoms with Crippen LogP contribution < -0.4 is 5.32 Å². The molecule has 0 saturated carbocycles. The lowest BCUT2D eigenvalue weighted by molar-refractivity contribution is -0.134. The van der Waals surface area contributed by atoms with Gasteiger partial charge in [0, 0.05) is 27.7 Å². The normalized spacial score (nSPS) is 12.9.